The summed E-state index contributed by atoms with van der Waals surface area (Å²) in [5.41, 5.74) is 0.336. The minimum absolute atomic E-state index is 0.0578. The van der Waals surface area contributed by atoms with Crippen molar-refractivity contribution in [3.63, 3.8) is 0 Å². The number of nitriles is 1. The Balaban J connectivity index is 2.19. The van der Waals surface area contributed by atoms with E-state index in [1.54, 1.807) is 30.5 Å². The average Bonchev–Trinajstić information content (AvgIpc) is 2.68. The highest BCUT2D eigenvalue weighted by atomic mass is 16.3. The van der Waals surface area contributed by atoms with Crippen LogP contribution in [0.15, 0.2) is 47.2 Å². The quantitative estimate of drug-likeness (QED) is 0.490. The summed E-state index contributed by atoms with van der Waals surface area (Å²) in [5.74, 6) is -0.664. The molecule has 2 rings (SSSR count). The largest absolute Gasteiger partial charge is 0.368 e. The normalized spacial score (nSPS) is 17.7. The van der Waals surface area contributed by atoms with Crippen molar-refractivity contribution >= 4 is 11.8 Å². The first-order chi connectivity index (χ1) is 14.2. The fraction of sp³-hybridized carbons (Fsp3) is 0.429. The first kappa shape index (κ1) is 22.9. The Morgan fingerprint density at radius 2 is 2.13 bits per heavy atom. The zero-order valence-electron chi connectivity index (χ0n) is 17.3. The second-order valence-corrected chi connectivity index (χ2v) is 7.53. The Hall–Kier alpha value is -3.38. The molecule has 2 heterocycles. The number of hydrogen-bond donors (Lipinski definition) is 4. The monoisotopic (exact) mass is 413 g/mol. The smallest absolute Gasteiger partial charge is 0.251 e. The highest BCUT2D eigenvalue weighted by molar-refractivity contribution is 5.83. The summed E-state index contributed by atoms with van der Waals surface area (Å²) < 4.78 is 0. The molecular formula is C21H27N5O4. The van der Waals surface area contributed by atoms with E-state index in [4.69, 9.17) is 0 Å². The van der Waals surface area contributed by atoms with Gasteiger partial charge < -0.3 is 25.6 Å². The number of aliphatic hydroxyl groups excluding tert-OH is 1. The van der Waals surface area contributed by atoms with Crippen LogP contribution in [0, 0.1) is 17.2 Å². The van der Waals surface area contributed by atoms with Gasteiger partial charge in [0.15, 0.2) is 6.23 Å². The zero-order chi connectivity index (χ0) is 22.3. The summed E-state index contributed by atoms with van der Waals surface area (Å²) >= 11 is 0. The van der Waals surface area contributed by atoms with Crippen LogP contribution in [-0.4, -0.2) is 45.1 Å². The van der Waals surface area contributed by atoms with E-state index in [0.717, 1.165) is 0 Å². The number of aromatic amines is 1. The summed E-state index contributed by atoms with van der Waals surface area (Å²) in [6, 6.07) is 3.58. The molecule has 1 aliphatic heterocycles. The van der Waals surface area contributed by atoms with Crippen LogP contribution in [0.2, 0.25) is 0 Å². The fourth-order valence-electron chi connectivity index (χ4n) is 3.20. The van der Waals surface area contributed by atoms with Gasteiger partial charge in [0.25, 0.3) is 5.56 Å². The minimum Gasteiger partial charge on any atom is -0.368 e. The lowest BCUT2D eigenvalue weighted by atomic mass is 9.99. The Bertz CT molecular complexity index is 928. The third-order valence-corrected chi connectivity index (χ3v) is 4.57. The van der Waals surface area contributed by atoms with E-state index >= 15 is 0 Å². The molecule has 0 radical (unpaired) electrons. The van der Waals surface area contributed by atoms with Crippen molar-refractivity contribution in [3.05, 3.63) is 58.3 Å². The number of hydrogen-bond acceptors (Lipinski definition) is 6. The molecule has 0 fully saturated rings. The van der Waals surface area contributed by atoms with Crippen LogP contribution in [0.3, 0.4) is 0 Å². The van der Waals surface area contributed by atoms with Crippen LogP contribution in [0.25, 0.3) is 0 Å². The van der Waals surface area contributed by atoms with Crippen molar-refractivity contribution < 1.29 is 14.7 Å². The van der Waals surface area contributed by atoms with E-state index in [0.29, 0.717) is 12.0 Å². The molecule has 1 aromatic rings. The molecule has 3 atom stereocenters. The van der Waals surface area contributed by atoms with Gasteiger partial charge in [-0.1, -0.05) is 19.9 Å². The van der Waals surface area contributed by atoms with Gasteiger partial charge in [-0.2, -0.15) is 5.26 Å². The molecule has 0 saturated heterocycles. The summed E-state index contributed by atoms with van der Waals surface area (Å²) in [6.07, 6.45) is 5.51. The number of allylic oxidation sites excluding steroid dienone is 2. The van der Waals surface area contributed by atoms with Crippen LogP contribution in [0.1, 0.15) is 32.8 Å². The van der Waals surface area contributed by atoms with Crippen molar-refractivity contribution in [2.24, 2.45) is 5.92 Å². The molecule has 160 valence electrons. The summed E-state index contributed by atoms with van der Waals surface area (Å²) in [6.45, 7) is 5.21. The number of amides is 2. The van der Waals surface area contributed by atoms with Gasteiger partial charge >= 0.3 is 0 Å². The van der Waals surface area contributed by atoms with Gasteiger partial charge in [0.1, 0.15) is 12.1 Å². The second-order valence-electron chi connectivity index (χ2n) is 7.53. The molecule has 0 spiro atoms. The Morgan fingerprint density at radius 1 is 1.40 bits per heavy atom. The van der Waals surface area contributed by atoms with Gasteiger partial charge in [-0.3, -0.25) is 14.4 Å². The lowest BCUT2D eigenvalue weighted by Gasteiger charge is -2.37. The van der Waals surface area contributed by atoms with Gasteiger partial charge in [0.2, 0.25) is 11.8 Å². The van der Waals surface area contributed by atoms with E-state index in [2.05, 4.69) is 15.6 Å². The fourth-order valence-corrected chi connectivity index (χ4v) is 3.20. The molecule has 30 heavy (non-hydrogen) atoms. The number of rotatable bonds is 8. The average molecular weight is 413 g/mol. The van der Waals surface area contributed by atoms with Crippen molar-refractivity contribution in [2.75, 3.05) is 0 Å². The Kier molecular flexibility index (Phi) is 7.95. The van der Waals surface area contributed by atoms with E-state index in [1.165, 1.54) is 18.0 Å². The number of nitrogens with one attached hydrogen (secondary N) is 3. The molecule has 9 nitrogen and oxygen atoms in total. The third kappa shape index (κ3) is 6.06. The Labute approximate surface area is 175 Å². The van der Waals surface area contributed by atoms with Crippen LogP contribution >= 0.6 is 0 Å². The molecule has 9 heteroatoms. The van der Waals surface area contributed by atoms with Crippen LogP contribution in [0.5, 0.6) is 0 Å². The third-order valence-electron chi connectivity index (χ3n) is 4.57. The van der Waals surface area contributed by atoms with E-state index in [-0.39, 0.29) is 29.5 Å². The predicted octanol–water partition coefficient (Wildman–Crippen LogP) is 0.508. The lowest BCUT2D eigenvalue weighted by molar-refractivity contribution is -0.129. The second kappa shape index (κ2) is 10.4. The highest BCUT2D eigenvalue weighted by Crippen LogP contribution is 2.21. The number of nitrogens with zero attached hydrogens (tertiary/aromatic N) is 2. The standard InChI is InChI=1S/C21H27N5O4/c1-13(2)10-18(26-9-5-7-17(21(26)30)24-14(3)27)20(29)25-16(12-22)11-15-6-4-8-23-19(15)28/h4-9,13,16,18,21,30H,10-11H2,1-3H3,(H,23,28)(H,24,27)(H,25,29)/t16-,18-,21-/m0/s1. The molecule has 0 saturated carbocycles. The molecule has 0 aliphatic carbocycles. The summed E-state index contributed by atoms with van der Waals surface area (Å²) in [5, 5.41) is 25.4. The van der Waals surface area contributed by atoms with Crippen LogP contribution < -0.4 is 16.2 Å². The first-order valence-corrected chi connectivity index (χ1v) is 9.71. The maximum Gasteiger partial charge on any atom is 0.251 e. The maximum absolute atomic E-state index is 13.1. The lowest BCUT2D eigenvalue weighted by Crippen LogP contribution is -2.54. The van der Waals surface area contributed by atoms with E-state index in [1.807, 2.05) is 19.9 Å². The molecule has 0 unspecified atom stereocenters. The molecule has 2 amide bonds. The highest BCUT2D eigenvalue weighted by Gasteiger charge is 2.33. The van der Waals surface area contributed by atoms with Crippen molar-refractivity contribution in [1.29, 1.82) is 5.26 Å². The SMILES string of the molecule is CC(=O)NC1=CC=CN([C@@H](CC(C)C)C(=O)N[C@H](C#N)Cc2ccc[nH]c2=O)[C@H]1O. The van der Waals surface area contributed by atoms with Gasteiger partial charge in [-0.25, -0.2) is 0 Å². The summed E-state index contributed by atoms with van der Waals surface area (Å²) in [7, 11) is 0. The molecule has 1 aromatic heterocycles. The molecule has 1 aliphatic rings. The Morgan fingerprint density at radius 3 is 2.73 bits per heavy atom. The number of carbonyl (C=O) groups is 2. The van der Waals surface area contributed by atoms with Crippen molar-refractivity contribution in [3.8, 4) is 6.07 Å². The summed E-state index contributed by atoms with van der Waals surface area (Å²) in [4.78, 5) is 40.3. The van der Waals surface area contributed by atoms with E-state index < -0.39 is 24.2 Å². The number of H-pyrrole nitrogens is 1. The maximum atomic E-state index is 13.1. The number of pyridine rings is 1. The van der Waals surface area contributed by atoms with Crippen LogP contribution in [0.4, 0.5) is 0 Å². The van der Waals surface area contributed by atoms with Gasteiger partial charge in [0, 0.05) is 31.3 Å². The van der Waals surface area contributed by atoms with Crippen LogP contribution in [-0.2, 0) is 16.0 Å². The van der Waals surface area contributed by atoms with Gasteiger partial charge in [-0.15, -0.1) is 0 Å². The molecular weight excluding hydrogens is 386 g/mol. The van der Waals surface area contributed by atoms with Gasteiger partial charge in [-0.05, 0) is 30.6 Å². The molecule has 4 N–H and O–H groups in total. The zero-order valence-corrected chi connectivity index (χ0v) is 17.3. The van der Waals surface area contributed by atoms with Crippen molar-refractivity contribution in [2.45, 2.75) is 51.9 Å². The minimum atomic E-state index is -1.22. The number of aromatic nitrogens is 1. The number of carbonyl (C=O) groups excluding carboxylic acids is 2. The van der Waals surface area contributed by atoms with E-state index in [9.17, 15) is 24.8 Å². The number of aliphatic hydroxyl groups is 1. The topological polar surface area (TPSA) is 138 Å². The van der Waals surface area contributed by atoms with Crippen molar-refractivity contribution in [1.82, 2.24) is 20.5 Å². The first-order valence-electron chi connectivity index (χ1n) is 9.71. The molecule has 0 bridgehead atoms. The van der Waals surface area contributed by atoms with Gasteiger partial charge in [0.05, 0.1) is 11.8 Å². The molecule has 0 aromatic carbocycles. The predicted molar refractivity (Wildman–Crippen MR) is 110 cm³/mol.